The Hall–Kier alpha value is -1.80. The first-order valence-corrected chi connectivity index (χ1v) is 10.5. The van der Waals surface area contributed by atoms with Crippen molar-refractivity contribution in [3.05, 3.63) is 59.2 Å². The van der Waals surface area contributed by atoms with Crippen molar-refractivity contribution in [1.29, 1.82) is 0 Å². The second-order valence-electron chi connectivity index (χ2n) is 7.61. The predicted octanol–water partition coefficient (Wildman–Crippen LogP) is 4.91. The highest BCUT2D eigenvalue weighted by Crippen LogP contribution is 2.36. The summed E-state index contributed by atoms with van der Waals surface area (Å²) in [6, 6.07) is 14.7. The highest BCUT2D eigenvalue weighted by molar-refractivity contribution is 14.0. The van der Waals surface area contributed by atoms with Gasteiger partial charge >= 0.3 is 0 Å². The lowest BCUT2D eigenvalue weighted by Gasteiger charge is -2.36. The lowest BCUT2D eigenvalue weighted by molar-refractivity contribution is 0.0531. The summed E-state index contributed by atoms with van der Waals surface area (Å²) in [6.45, 7) is 6.44. The number of anilines is 1. The Bertz CT molecular complexity index is 809. The van der Waals surface area contributed by atoms with Crippen molar-refractivity contribution in [3.63, 3.8) is 0 Å². The highest BCUT2D eigenvalue weighted by Gasteiger charge is 2.34. The Morgan fingerprint density at radius 1 is 1.07 bits per heavy atom. The molecule has 0 atom stereocenters. The van der Waals surface area contributed by atoms with Crippen LogP contribution in [-0.2, 0) is 23.0 Å². The van der Waals surface area contributed by atoms with Crippen molar-refractivity contribution in [2.24, 2.45) is 10.7 Å². The van der Waals surface area contributed by atoms with Gasteiger partial charge in [0.1, 0.15) is 5.75 Å². The third kappa shape index (κ3) is 5.66. The number of hydrogen-bond acceptors (Lipinski definition) is 3. The molecular formula is C24H34IN3O2. The Morgan fingerprint density at radius 2 is 1.67 bits per heavy atom. The Labute approximate surface area is 197 Å². The number of para-hydroxylation sites is 1. The molecule has 1 fully saturated rings. The van der Waals surface area contributed by atoms with Crippen LogP contribution in [0.25, 0.3) is 0 Å². The van der Waals surface area contributed by atoms with Gasteiger partial charge in [0.05, 0.1) is 13.7 Å². The molecule has 1 saturated heterocycles. The van der Waals surface area contributed by atoms with Crippen molar-refractivity contribution in [2.45, 2.75) is 44.9 Å². The molecule has 1 aliphatic rings. The second-order valence-corrected chi connectivity index (χ2v) is 7.61. The molecule has 3 N–H and O–H groups in total. The molecule has 0 radical (unpaired) electrons. The topological polar surface area (TPSA) is 68.9 Å². The largest absolute Gasteiger partial charge is 0.497 e. The molecule has 3 rings (SSSR count). The number of hydrogen-bond donors (Lipinski definition) is 2. The summed E-state index contributed by atoms with van der Waals surface area (Å²) in [5, 5.41) is 3.38. The Balaban J connectivity index is 0.00000320. The van der Waals surface area contributed by atoms with E-state index in [1.165, 1.54) is 16.7 Å². The zero-order valence-corrected chi connectivity index (χ0v) is 20.6. The summed E-state index contributed by atoms with van der Waals surface area (Å²) >= 11 is 0. The van der Waals surface area contributed by atoms with Crippen LogP contribution >= 0.6 is 24.0 Å². The lowest BCUT2D eigenvalue weighted by atomic mass is 9.74. The molecular weight excluding hydrogens is 489 g/mol. The van der Waals surface area contributed by atoms with E-state index in [1.807, 2.05) is 12.1 Å². The molecule has 0 amide bonds. The van der Waals surface area contributed by atoms with Crippen LogP contribution in [0.1, 0.15) is 43.4 Å². The molecule has 0 saturated carbocycles. The second kappa shape index (κ2) is 11.6. The van der Waals surface area contributed by atoms with Crippen LogP contribution in [0.2, 0.25) is 0 Å². The monoisotopic (exact) mass is 523 g/mol. The van der Waals surface area contributed by atoms with E-state index < -0.39 is 0 Å². The third-order valence-corrected chi connectivity index (χ3v) is 5.96. The van der Waals surface area contributed by atoms with Crippen LogP contribution in [0.4, 0.5) is 5.69 Å². The fraction of sp³-hybridized carbons (Fsp3) is 0.458. The van der Waals surface area contributed by atoms with Crippen molar-refractivity contribution in [2.75, 3.05) is 32.2 Å². The van der Waals surface area contributed by atoms with Gasteiger partial charge in [-0.05, 0) is 54.5 Å². The van der Waals surface area contributed by atoms with E-state index in [0.29, 0.717) is 12.5 Å². The lowest BCUT2D eigenvalue weighted by Crippen LogP contribution is -2.38. The number of benzene rings is 2. The zero-order chi connectivity index (χ0) is 20.7. The quantitative estimate of drug-likeness (QED) is 0.308. The number of aryl methyl sites for hydroxylation is 2. The zero-order valence-electron chi connectivity index (χ0n) is 18.2. The number of nitrogens with one attached hydrogen (secondary N) is 1. The number of aliphatic imine (C=N–C) groups is 1. The van der Waals surface area contributed by atoms with E-state index >= 15 is 0 Å². The Morgan fingerprint density at radius 3 is 2.20 bits per heavy atom. The minimum atomic E-state index is -0.0608. The average Bonchev–Trinajstić information content (AvgIpc) is 2.78. The normalized spacial score (nSPS) is 15.9. The molecule has 5 nitrogen and oxygen atoms in total. The summed E-state index contributed by atoms with van der Waals surface area (Å²) in [6.07, 6.45) is 3.77. The summed E-state index contributed by atoms with van der Waals surface area (Å²) in [5.41, 5.74) is 11.2. The van der Waals surface area contributed by atoms with Crippen molar-refractivity contribution in [1.82, 2.24) is 0 Å². The number of nitrogens with zero attached hydrogens (tertiary/aromatic N) is 1. The smallest absolute Gasteiger partial charge is 0.193 e. The predicted molar refractivity (Wildman–Crippen MR) is 135 cm³/mol. The van der Waals surface area contributed by atoms with E-state index in [-0.39, 0.29) is 29.4 Å². The number of halogens is 1. The first kappa shape index (κ1) is 24.5. The molecule has 6 heteroatoms. The first-order chi connectivity index (χ1) is 14.1. The third-order valence-electron chi connectivity index (χ3n) is 5.96. The molecule has 0 aliphatic carbocycles. The van der Waals surface area contributed by atoms with Crippen LogP contribution in [-0.4, -0.2) is 32.8 Å². The maximum absolute atomic E-state index is 6.34. The molecule has 30 heavy (non-hydrogen) atoms. The van der Waals surface area contributed by atoms with Crippen molar-refractivity contribution < 1.29 is 9.47 Å². The number of ether oxygens (including phenoxy) is 2. The summed E-state index contributed by atoms with van der Waals surface area (Å²) < 4.78 is 10.9. The fourth-order valence-corrected chi connectivity index (χ4v) is 4.05. The van der Waals surface area contributed by atoms with Gasteiger partial charge in [-0.3, -0.25) is 4.99 Å². The molecule has 0 spiro atoms. The molecule has 1 heterocycles. The average molecular weight is 523 g/mol. The van der Waals surface area contributed by atoms with Gasteiger partial charge in [0, 0.05) is 24.3 Å². The van der Waals surface area contributed by atoms with Gasteiger partial charge < -0.3 is 20.5 Å². The fourth-order valence-electron chi connectivity index (χ4n) is 4.05. The van der Waals surface area contributed by atoms with Gasteiger partial charge in [-0.2, -0.15) is 0 Å². The maximum atomic E-state index is 6.34. The molecule has 0 unspecified atom stereocenters. The van der Waals surface area contributed by atoms with Gasteiger partial charge in [-0.1, -0.05) is 44.2 Å². The number of methoxy groups -OCH3 is 1. The van der Waals surface area contributed by atoms with E-state index in [1.54, 1.807) is 7.11 Å². The molecule has 164 valence electrons. The van der Waals surface area contributed by atoms with Crippen LogP contribution in [0.3, 0.4) is 0 Å². The molecule has 2 aromatic rings. The Kier molecular flexibility index (Phi) is 9.42. The van der Waals surface area contributed by atoms with Crippen LogP contribution in [0, 0.1) is 0 Å². The molecule has 0 aromatic heterocycles. The maximum Gasteiger partial charge on any atom is 0.193 e. The van der Waals surface area contributed by atoms with Crippen molar-refractivity contribution >= 4 is 35.6 Å². The van der Waals surface area contributed by atoms with E-state index in [0.717, 1.165) is 50.3 Å². The first-order valence-electron chi connectivity index (χ1n) is 10.5. The van der Waals surface area contributed by atoms with Gasteiger partial charge in [0.25, 0.3) is 0 Å². The van der Waals surface area contributed by atoms with Crippen molar-refractivity contribution in [3.8, 4) is 5.75 Å². The molecule has 2 aromatic carbocycles. The van der Waals surface area contributed by atoms with Gasteiger partial charge in [0.2, 0.25) is 0 Å². The SMILES string of the molecule is CCc1cccc(CC)c1NC(N)=NCC1(c2ccc(OC)cc2)CCOCC1.I. The van der Waals surface area contributed by atoms with Gasteiger partial charge in [-0.15, -0.1) is 24.0 Å². The summed E-state index contributed by atoms with van der Waals surface area (Å²) in [5.74, 6) is 1.34. The van der Waals surface area contributed by atoms with Crippen LogP contribution in [0.5, 0.6) is 5.75 Å². The van der Waals surface area contributed by atoms with E-state index in [9.17, 15) is 0 Å². The van der Waals surface area contributed by atoms with Crippen LogP contribution in [0.15, 0.2) is 47.5 Å². The standard InChI is InChI=1S/C24H33N3O2.HI/c1-4-18-7-6-8-19(5-2)22(18)27-23(25)26-17-24(13-15-29-16-14-24)20-9-11-21(28-3)12-10-20;/h6-12H,4-5,13-17H2,1-3H3,(H3,25,26,27);1H. The minimum absolute atomic E-state index is 0. The van der Waals surface area contributed by atoms with Crippen LogP contribution < -0.4 is 15.8 Å². The number of rotatable bonds is 7. The van der Waals surface area contributed by atoms with E-state index in [4.69, 9.17) is 20.2 Å². The number of guanidine groups is 1. The highest BCUT2D eigenvalue weighted by atomic mass is 127. The van der Waals surface area contributed by atoms with E-state index in [2.05, 4.69) is 49.5 Å². The minimum Gasteiger partial charge on any atom is -0.497 e. The molecule has 1 aliphatic heterocycles. The van der Waals surface area contributed by atoms with Gasteiger partial charge in [-0.25, -0.2) is 0 Å². The number of nitrogens with two attached hydrogens (primary N) is 1. The summed E-state index contributed by atoms with van der Waals surface area (Å²) in [4.78, 5) is 4.78. The summed E-state index contributed by atoms with van der Waals surface area (Å²) in [7, 11) is 1.69. The molecule has 0 bridgehead atoms. The van der Waals surface area contributed by atoms with Gasteiger partial charge in [0.15, 0.2) is 5.96 Å².